The monoisotopic (exact) mass is 445 g/mol. The minimum Gasteiger partial charge on any atom is -0.316 e. The van der Waals surface area contributed by atoms with E-state index in [1.165, 1.54) is 39.9 Å². The number of thiazole rings is 1. The first-order valence-corrected chi connectivity index (χ1v) is 12.4. The SMILES string of the molecule is CCCCN(C)S(=O)(=O)c1ccc(C(=O)N=c2sc3ccccc3n2CCC)cc1. The lowest BCUT2D eigenvalue weighted by Gasteiger charge is -2.16. The Labute approximate surface area is 181 Å². The van der Waals surface area contributed by atoms with Crippen molar-refractivity contribution in [2.24, 2.45) is 4.99 Å². The smallest absolute Gasteiger partial charge is 0.279 e. The van der Waals surface area contributed by atoms with Crippen molar-refractivity contribution < 1.29 is 13.2 Å². The summed E-state index contributed by atoms with van der Waals surface area (Å²) in [6.45, 7) is 5.35. The van der Waals surface area contributed by atoms with Crippen LogP contribution in [-0.4, -0.2) is 36.8 Å². The number of nitrogens with zero attached hydrogens (tertiary/aromatic N) is 3. The topological polar surface area (TPSA) is 71.7 Å². The van der Waals surface area contributed by atoms with Crippen LogP contribution in [0.25, 0.3) is 10.2 Å². The fraction of sp³-hybridized carbons (Fsp3) is 0.364. The maximum absolute atomic E-state index is 12.8. The van der Waals surface area contributed by atoms with E-state index in [-0.39, 0.29) is 10.8 Å². The molecule has 30 heavy (non-hydrogen) atoms. The van der Waals surface area contributed by atoms with Crippen molar-refractivity contribution in [3.63, 3.8) is 0 Å². The first kappa shape index (κ1) is 22.4. The Bertz CT molecular complexity index is 1190. The van der Waals surface area contributed by atoms with Crippen molar-refractivity contribution in [1.82, 2.24) is 8.87 Å². The van der Waals surface area contributed by atoms with Crippen LogP contribution in [0.2, 0.25) is 0 Å². The molecule has 160 valence electrons. The highest BCUT2D eigenvalue weighted by atomic mass is 32.2. The molecular weight excluding hydrogens is 418 g/mol. The van der Waals surface area contributed by atoms with E-state index in [1.54, 1.807) is 7.05 Å². The number of fused-ring (bicyclic) bond motifs is 1. The molecule has 0 radical (unpaired) electrons. The van der Waals surface area contributed by atoms with Crippen LogP contribution < -0.4 is 4.80 Å². The van der Waals surface area contributed by atoms with Gasteiger partial charge in [0.2, 0.25) is 10.0 Å². The van der Waals surface area contributed by atoms with Gasteiger partial charge in [-0.2, -0.15) is 4.99 Å². The largest absolute Gasteiger partial charge is 0.316 e. The average Bonchev–Trinajstić information content (AvgIpc) is 3.09. The Morgan fingerprint density at radius 3 is 2.43 bits per heavy atom. The van der Waals surface area contributed by atoms with Gasteiger partial charge in [0.1, 0.15) is 0 Å². The molecule has 2 aromatic carbocycles. The van der Waals surface area contributed by atoms with Gasteiger partial charge in [-0.1, -0.05) is 43.7 Å². The van der Waals surface area contributed by atoms with E-state index in [1.807, 2.05) is 31.2 Å². The molecular formula is C22H27N3O3S2. The molecule has 0 N–H and O–H groups in total. The molecule has 0 fully saturated rings. The molecule has 0 saturated heterocycles. The fourth-order valence-electron chi connectivity index (χ4n) is 3.15. The second-order valence-electron chi connectivity index (χ2n) is 7.13. The number of aromatic nitrogens is 1. The fourth-order valence-corrected chi connectivity index (χ4v) is 5.41. The zero-order chi connectivity index (χ0) is 21.7. The second-order valence-corrected chi connectivity index (χ2v) is 10.2. The van der Waals surface area contributed by atoms with Crippen molar-refractivity contribution in [2.75, 3.05) is 13.6 Å². The van der Waals surface area contributed by atoms with Crippen LogP contribution in [0.1, 0.15) is 43.5 Å². The van der Waals surface area contributed by atoms with Crippen LogP contribution in [0.4, 0.5) is 0 Å². The van der Waals surface area contributed by atoms with Crippen LogP contribution in [0, 0.1) is 0 Å². The third-order valence-corrected chi connectivity index (χ3v) is 7.80. The maximum Gasteiger partial charge on any atom is 0.279 e. The molecule has 0 saturated carbocycles. The quantitative estimate of drug-likeness (QED) is 0.520. The normalized spacial score (nSPS) is 12.7. The average molecular weight is 446 g/mol. The van der Waals surface area contributed by atoms with Gasteiger partial charge in [0, 0.05) is 25.7 Å². The van der Waals surface area contributed by atoms with Gasteiger partial charge in [0.25, 0.3) is 5.91 Å². The lowest BCUT2D eigenvalue weighted by Crippen LogP contribution is -2.27. The number of hydrogen-bond acceptors (Lipinski definition) is 4. The molecule has 0 aliphatic rings. The Hall–Kier alpha value is -2.29. The van der Waals surface area contributed by atoms with E-state index in [0.717, 1.165) is 36.0 Å². The highest BCUT2D eigenvalue weighted by molar-refractivity contribution is 7.89. The zero-order valence-electron chi connectivity index (χ0n) is 17.5. The van der Waals surface area contributed by atoms with E-state index in [0.29, 0.717) is 16.9 Å². The molecule has 0 aliphatic heterocycles. The first-order valence-electron chi connectivity index (χ1n) is 10.1. The van der Waals surface area contributed by atoms with Crippen LogP contribution in [-0.2, 0) is 16.6 Å². The van der Waals surface area contributed by atoms with Gasteiger partial charge in [-0.25, -0.2) is 12.7 Å². The van der Waals surface area contributed by atoms with Gasteiger partial charge in [-0.05, 0) is 49.2 Å². The minimum atomic E-state index is -3.55. The molecule has 0 atom stereocenters. The Kier molecular flexibility index (Phi) is 7.23. The van der Waals surface area contributed by atoms with Gasteiger partial charge in [-0.3, -0.25) is 4.79 Å². The molecule has 0 spiro atoms. The molecule has 3 rings (SSSR count). The lowest BCUT2D eigenvalue weighted by atomic mass is 10.2. The van der Waals surface area contributed by atoms with Gasteiger partial charge >= 0.3 is 0 Å². The summed E-state index contributed by atoms with van der Waals surface area (Å²) < 4.78 is 29.8. The summed E-state index contributed by atoms with van der Waals surface area (Å²) in [6, 6.07) is 14.0. The summed E-state index contributed by atoms with van der Waals surface area (Å²) in [7, 11) is -1.98. The summed E-state index contributed by atoms with van der Waals surface area (Å²) >= 11 is 1.48. The molecule has 1 amide bonds. The number of unbranched alkanes of at least 4 members (excludes halogenated alkanes) is 1. The van der Waals surface area contributed by atoms with E-state index in [4.69, 9.17) is 0 Å². The van der Waals surface area contributed by atoms with Crippen LogP contribution in [0.3, 0.4) is 0 Å². The number of carbonyl (C=O) groups is 1. The standard InChI is InChI=1S/C22H27N3O3S2/c1-4-6-16-24(3)30(27,28)18-13-11-17(12-14-18)21(26)23-22-25(15-5-2)19-9-7-8-10-20(19)29-22/h7-14H,4-6,15-16H2,1-3H3. The molecule has 6 nitrogen and oxygen atoms in total. The summed E-state index contributed by atoms with van der Waals surface area (Å²) in [5, 5.41) is 0. The van der Waals surface area contributed by atoms with Crippen molar-refractivity contribution in [3.8, 4) is 0 Å². The predicted molar refractivity (Wildman–Crippen MR) is 121 cm³/mol. The highest BCUT2D eigenvalue weighted by Crippen LogP contribution is 2.18. The molecule has 8 heteroatoms. The minimum absolute atomic E-state index is 0.181. The number of sulfonamides is 1. The molecule has 1 heterocycles. The van der Waals surface area contributed by atoms with Crippen LogP contribution in [0.5, 0.6) is 0 Å². The van der Waals surface area contributed by atoms with E-state index < -0.39 is 10.0 Å². The van der Waals surface area contributed by atoms with Crippen molar-refractivity contribution in [3.05, 3.63) is 58.9 Å². The number of rotatable bonds is 8. The Morgan fingerprint density at radius 2 is 1.77 bits per heavy atom. The lowest BCUT2D eigenvalue weighted by molar-refractivity contribution is 0.0997. The third-order valence-electron chi connectivity index (χ3n) is 4.87. The predicted octanol–water partition coefficient (Wildman–Crippen LogP) is 4.27. The third kappa shape index (κ3) is 4.71. The molecule has 0 unspecified atom stereocenters. The van der Waals surface area contributed by atoms with Gasteiger partial charge < -0.3 is 4.57 Å². The van der Waals surface area contributed by atoms with Gasteiger partial charge in [0.05, 0.1) is 15.1 Å². The van der Waals surface area contributed by atoms with E-state index >= 15 is 0 Å². The molecule has 0 bridgehead atoms. The van der Waals surface area contributed by atoms with Gasteiger partial charge in [0.15, 0.2) is 4.80 Å². The molecule has 1 aromatic heterocycles. The van der Waals surface area contributed by atoms with Crippen LogP contribution in [0.15, 0.2) is 58.4 Å². The summed E-state index contributed by atoms with van der Waals surface area (Å²) in [4.78, 5) is 17.9. The highest BCUT2D eigenvalue weighted by Gasteiger charge is 2.20. The Balaban J connectivity index is 1.90. The number of para-hydroxylation sites is 1. The summed E-state index contributed by atoms with van der Waals surface area (Å²) in [5.41, 5.74) is 1.43. The van der Waals surface area contributed by atoms with Crippen molar-refractivity contribution >= 4 is 37.5 Å². The van der Waals surface area contributed by atoms with Crippen LogP contribution >= 0.6 is 11.3 Å². The van der Waals surface area contributed by atoms with Gasteiger partial charge in [-0.15, -0.1) is 0 Å². The van der Waals surface area contributed by atoms with E-state index in [2.05, 4.69) is 16.5 Å². The molecule has 3 aromatic rings. The summed E-state index contributed by atoms with van der Waals surface area (Å²) in [5.74, 6) is -0.380. The number of hydrogen-bond donors (Lipinski definition) is 0. The molecule has 0 aliphatic carbocycles. The zero-order valence-corrected chi connectivity index (χ0v) is 19.2. The number of benzene rings is 2. The maximum atomic E-state index is 12.8. The van der Waals surface area contributed by atoms with E-state index in [9.17, 15) is 13.2 Å². The van der Waals surface area contributed by atoms with Crippen molar-refractivity contribution in [1.29, 1.82) is 0 Å². The number of carbonyl (C=O) groups excluding carboxylic acids is 1. The second kappa shape index (κ2) is 9.68. The number of amides is 1. The first-order chi connectivity index (χ1) is 14.4. The number of aryl methyl sites for hydroxylation is 1. The Morgan fingerprint density at radius 1 is 1.07 bits per heavy atom. The van der Waals surface area contributed by atoms with Crippen molar-refractivity contribution in [2.45, 2.75) is 44.6 Å². The summed E-state index contributed by atoms with van der Waals surface area (Å²) in [6.07, 6.45) is 2.66.